The smallest absolute Gasteiger partial charge is 0.396 e. The Bertz CT molecular complexity index is 327. The van der Waals surface area contributed by atoms with E-state index in [2.05, 4.69) is 0 Å². The van der Waals surface area contributed by atoms with Gasteiger partial charge in [0.25, 0.3) is 0 Å². The van der Waals surface area contributed by atoms with Gasteiger partial charge in [0, 0.05) is 19.7 Å². The van der Waals surface area contributed by atoms with Crippen molar-refractivity contribution >= 4 is 0 Å². The molecule has 0 fully saturated rings. The van der Waals surface area contributed by atoms with Gasteiger partial charge in [-0.3, -0.25) is 4.90 Å². The molecule has 1 aromatic rings. The second-order valence-electron chi connectivity index (χ2n) is 4.20. The van der Waals surface area contributed by atoms with Gasteiger partial charge in [-0.25, -0.2) is 0 Å². The van der Waals surface area contributed by atoms with Crippen LogP contribution in [0.15, 0.2) is 30.3 Å². The number of nitrogens with zero attached hydrogens (tertiary/aromatic N) is 1. The highest BCUT2D eigenvalue weighted by molar-refractivity contribution is 5.14. The third kappa shape index (κ3) is 6.61. The van der Waals surface area contributed by atoms with Gasteiger partial charge in [0.2, 0.25) is 0 Å². The molecular weight excluding hydrogens is 243 g/mol. The highest BCUT2D eigenvalue weighted by Crippen LogP contribution is 2.17. The standard InChI is InChI=1S/C13H18F3NO/c14-13(15,16)11-17(8-4-10-18)9-7-12-5-2-1-3-6-12/h1-3,5-6,18H,4,7-11H2. The molecule has 0 aliphatic carbocycles. The van der Waals surface area contributed by atoms with Crippen LogP contribution in [0.5, 0.6) is 0 Å². The number of hydrogen-bond donors (Lipinski definition) is 1. The van der Waals surface area contributed by atoms with Gasteiger partial charge in [-0.2, -0.15) is 13.2 Å². The molecule has 18 heavy (non-hydrogen) atoms. The minimum Gasteiger partial charge on any atom is -0.396 e. The fraction of sp³-hybridized carbons (Fsp3) is 0.538. The van der Waals surface area contributed by atoms with E-state index >= 15 is 0 Å². The van der Waals surface area contributed by atoms with Crippen molar-refractivity contribution in [2.75, 3.05) is 26.2 Å². The molecule has 1 rings (SSSR count). The number of benzene rings is 1. The van der Waals surface area contributed by atoms with E-state index < -0.39 is 12.7 Å². The van der Waals surface area contributed by atoms with Gasteiger partial charge in [-0.1, -0.05) is 30.3 Å². The molecule has 1 aromatic carbocycles. The van der Waals surface area contributed by atoms with Crippen molar-refractivity contribution in [1.29, 1.82) is 0 Å². The molecule has 0 radical (unpaired) electrons. The van der Waals surface area contributed by atoms with Gasteiger partial charge in [0.15, 0.2) is 0 Å². The molecule has 0 aliphatic heterocycles. The normalized spacial score (nSPS) is 12.1. The topological polar surface area (TPSA) is 23.5 Å². The van der Waals surface area contributed by atoms with E-state index in [9.17, 15) is 13.2 Å². The lowest BCUT2D eigenvalue weighted by molar-refractivity contribution is -0.146. The number of hydrogen-bond acceptors (Lipinski definition) is 2. The van der Waals surface area contributed by atoms with Gasteiger partial charge in [-0.15, -0.1) is 0 Å². The van der Waals surface area contributed by atoms with Gasteiger partial charge < -0.3 is 5.11 Å². The zero-order valence-electron chi connectivity index (χ0n) is 10.2. The third-order valence-corrected chi connectivity index (χ3v) is 2.59. The minimum absolute atomic E-state index is 0.0836. The summed E-state index contributed by atoms with van der Waals surface area (Å²) in [6.07, 6.45) is -3.24. The SMILES string of the molecule is OCCCN(CCc1ccccc1)CC(F)(F)F. The summed E-state index contributed by atoms with van der Waals surface area (Å²) in [5.74, 6) is 0. The van der Waals surface area contributed by atoms with Crippen LogP contribution in [0.3, 0.4) is 0 Å². The molecule has 1 N–H and O–H groups in total. The largest absolute Gasteiger partial charge is 0.401 e. The maximum atomic E-state index is 12.4. The van der Waals surface area contributed by atoms with Crippen LogP contribution in [-0.2, 0) is 6.42 Å². The second kappa shape index (κ2) is 7.38. The molecule has 0 bridgehead atoms. The van der Waals surface area contributed by atoms with Crippen LogP contribution in [0.1, 0.15) is 12.0 Å². The van der Waals surface area contributed by atoms with E-state index in [0.717, 1.165) is 5.56 Å². The van der Waals surface area contributed by atoms with Gasteiger partial charge in [0.05, 0.1) is 6.54 Å². The highest BCUT2D eigenvalue weighted by Gasteiger charge is 2.30. The van der Waals surface area contributed by atoms with Gasteiger partial charge in [-0.05, 0) is 18.4 Å². The van der Waals surface area contributed by atoms with E-state index in [1.807, 2.05) is 30.3 Å². The predicted octanol–water partition coefficient (Wildman–Crippen LogP) is 2.48. The van der Waals surface area contributed by atoms with Crippen LogP contribution in [0.25, 0.3) is 0 Å². The van der Waals surface area contributed by atoms with Crippen molar-refractivity contribution in [3.8, 4) is 0 Å². The zero-order valence-corrected chi connectivity index (χ0v) is 10.2. The van der Waals surface area contributed by atoms with Crippen molar-refractivity contribution in [2.24, 2.45) is 0 Å². The van der Waals surface area contributed by atoms with E-state index in [1.54, 1.807) is 0 Å². The molecular formula is C13H18F3NO. The Balaban J connectivity index is 2.45. The van der Waals surface area contributed by atoms with Crippen LogP contribution in [-0.4, -0.2) is 42.4 Å². The summed E-state index contributed by atoms with van der Waals surface area (Å²) in [6, 6.07) is 9.42. The number of aliphatic hydroxyl groups is 1. The van der Waals surface area contributed by atoms with Crippen LogP contribution >= 0.6 is 0 Å². The molecule has 0 aromatic heterocycles. The lowest BCUT2D eigenvalue weighted by atomic mass is 10.1. The highest BCUT2D eigenvalue weighted by atomic mass is 19.4. The van der Waals surface area contributed by atoms with E-state index in [1.165, 1.54) is 4.90 Å². The van der Waals surface area contributed by atoms with Gasteiger partial charge in [0.1, 0.15) is 0 Å². The van der Waals surface area contributed by atoms with E-state index in [-0.39, 0.29) is 13.2 Å². The Hall–Kier alpha value is -1.07. The maximum absolute atomic E-state index is 12.4. The van der Waals surface area contributed by atoms with Crippen molar-refractivity contribution in [1.82, 2.24) is 4.90 Å². The van der Waals surface area contributed by atoms with E-state index in [4.69, 9.17) is 5.11 Å². The predicted molar refractivity (Wildman–Crippen MR) is 64.3 cm³/mol. The maximum Gasteiger partial charge on any atom is 0.401 e. The van der Waals surface area contributed by atoms with Crippen molar-refractivity contribution in [3.63, 3.8) is 0 Å². The van der Waals surface area contributed by atoms with Crippen LogP contribution in [0.2, 0.25) is 0 Å². The number of alkyl halides is 3. The summed E-state index contributed by atoms with van der Waals surface area (Å²) < 4.78 is 37.1. The first-order valence-electron chi connectivity index (χ1n) is 5.95. The lowest BCUT2D eigenvalue weighted by Gasteiger charge is -2.23. The van der Waals surface area contributed by atoms with E-state index in [0.29, 0.717) is 19.4 Å². The first-order chi connectivity index (χ1) is 8.51. The first-order valence-corrected chi connectivity index (χ1v) is 5.95. The average Bonchev–Trinajstić information content (AvgIpc) is 2.32. The van der Waals surface area contributed by atoms with Crippen LogP contribution < -0.4 is 0 Å². The minimum atomic E-state index is -4.19. The number of halogens is 3. The summed E-state index contributed by atoms with van der Waals surface area (Å²) in [6.45, 7) is -0.383. The fourth-order valence-electron chi connectivity index (χ4n) is 1.75. The molecule has 0 aliphatic rings. The summed E-state index contributed by atoms with van der Waals surface area (Å²) in [7, 11) is 0. The van der Waals surface area contributed by atoms with Crippen LogP contribution in [0.4, 0.5) is 13.2 Å². The second-order valence-corrected chi connectivity index (χ2v) is 4.20. The van der Waals surface area contributed by atoms with Crippen molar-refractivity contribution in [3.05, 3.63) is 35.9 Å². The molecule has 5 heteroatoms. The Morgan fingerprint density at radius 2 is 1.72 bits per heavy atom. The molecule has 0 unspecified atom stereocenters. The summed E-state index contributed by atoms with van der Waals surface area (Å²) in [5.41, 5.74) is 1.02. The van der Waals surface area contributed by atoms with Crippen molar-refractivity contribution < 1.29 is 18.3 Å². The number of rotatable bonds is 7. The molecule has 0 heterocycles. The molecule has 102 valence electrons. The fourth-order valence-corrected chi connectivity index (χ4v) is 1.75. The van der Waals surface area contributed by atoms with Crippen molar-refractivity contribution in [2.45, 2.75) is 19.0 Å². The zero-order chi connectivity index (χ0) is 13.4. The summed E-state index contributed by atoms with van der Waals surface area (Å²) in [4.78, 5) is 1.34. The Morgan fingerprint density at radius 1 is 1.06 bits per heavy atom. The Labute approximate surface area is 105 Å². The quantitative estimate of drug-likeness (QED) is 0.815. The summed E-state index contributed by atoms with van der Waals surface area (Å²) >= 11 is 0. The Morgan fingerprint density at radius 3 is 2.28 bits per heavy atom. The third-order valence-electron chi connectivity index (χ3n) is 2.59. The molecule has 0 amide bonds. The lowest BCUT2D eigenvalue weighted by Crippen LogP contribution is -2.36. The monoisotopic (exact) mass is 261 g/mol. The van der Waals surface area contributed by atoms with Gasteiger partial charge >= 0.3 is 6.18 Å². The first kappa shape index (κ1) is 15.0. The molecule has 0 atom stereocenters. The average molecular weight is 261 g/mol. The molecule has 2 nitrogen and oxygen atoms in total. The number of aliphatic hydroxyl groups excluding tert-OH is 1. The summed E-state index contributed by atoms with van der Waals surface area (Å²) in [5, 5.41) is 8.69. The molecule has 0 saturated heterocycles. The molecule has 0 spiro atoms. The Kier molecular flexibility index (Phi) is 6.15. The molecule has 0 saturated carbocycles. The van der Waals surface area contributed by atoms with Crippen LogP contribution in [0, 0.1) is 0 Å².